The van der Waals surface area contributed by atoms with Gasteiger partial charge in [0.15, 0.2) is 0 Å². The minimum atomic E-state index is 0.0548. The summed E-state index contributed by atoms with van der Waals surface area (Å²) in [6.45, 7) is 2.51. The quantitative estimate of drug-likeness (QED) is 0.800. The lowest BCUT2D eigenvalue weighted by atomic mass is 9.95. The molecule has 1 fully saturated rings. The summed E-state index contributed by atoms with van der Waals surface area (Å²) < 4.78 is 0. The maximum atomic E-state index is 12.3. The van der Waals surface area contributed by atoms with Gasteiger partial charge in [0.05, 0.1) is 11.0 Å². The van der Waals surface area contributed by atoms with Gasteiger partial charge in [0.1, 0.15) is 5.82 Å². The Kier molecular flexibility index (Phi) is 3.44. The van der Waals surface area contributed by atoms with Crippen LogP contribution in [0.25, 0.3) is 11.0 Å². The maximum Gasteiger partial charge on any atom is 0.227 e. The number of carbonyl (C=O) groups is 1. The van der Waals surface area contributed by atoms with Crippen LogP contribution in [0.1, 0.15) is 25.1 Å². The van der Waals surface area contributed by atoms with Crippen LogP contribution in [0.2, 0.25) is 0 Å². The molecule has 3 rings (SSSR count). The van der Waals surface area contributed by atoms with Crippen molar-refractivity contribution in [3.8, 4) is 0 Å². The van der Waals surface area contributed by atoms with Gasteiger partial charge in [-0.1, -0.05) is 6.42 Å². The molecule has 1 amide bonds. The normalized spacial score (nSPS) is 22.3. The summed E-state index contributed by atoms with van der Waals surface area (Å²) in [5, 5.41) is 3.01. The van der Waals surface area contributed by atoms with Gasteiger partial charge in [-0.25, -0.2) is 4.98 Å². The van der Waals surface area contributed by atoms with E-state index in [-0.39, 0.29) is 11.8 Å². The van der Waals surface area contributed by atoms with E-state index in [1.807, 2.05) is 25.1 Å². The molecule has 5 heteroatoms. The zero-order valence-corrected chi connectivity index (χ0v) is 11.6. The summed E-state index contributed by atoms with van der Waals surface area (Å²) in [4.78, 5) is 19.9. The highest BCUT2D eigenvalue weighted by Crippen LogP contribution is 2.32. The van der Waals surface area contributed by atoms with Crippen LogP contribution >= 0.6 is 0 Å². The molecule has 1 heterocycles. The Bertz CT molecular complexity index is 634. The van der Waals surface area contributed by atoms with Crippen LogP contribution in [0.5, 0.6) is 0 Å². The molecule has 1 aromatic heterocycles. The van der Waals surface area contributed by atoms with E-state index in [4.69, 9.17) is 5.73 Å². The van der Waals surface area contributed by atoms with Gasteiger partial charge in [0.2, 0.25) is 5.91 Å². The number of fused-ring (bicyclic) bond motifs is 1. The average molecular weight is 272 g/mol. The van der Waals surface area contributed by atoms with Gasteiger partial charge in [-0.15, -0.1) is 0 Å². The molecule has 0 bridgehead atoms. The number of nitrogens with two attached hydrogens (primary N) is 1. The number of hydrogen-bond donors (Lipinski definition) is 3. The number of hydrogen-bond acceptors (Lipinski definition) is 3. The van der Waals surface area contributed by atoms with Gasteiger partial charge in [0.25, 0.3) is 0 Å². The number of imidazole rings is 1. The predicted molar refractivity (Wildman–Crippen MR) is 79.3 cm³/mol. The van der Waals surface area contributed by atoms with Crippen molar-refractivity contribution in [1.29, 1.82) is 0 Å². The minimum absolute atomic E-state index is 0.0548. The van der Waals surface area contributed by atoms with Gasteiger partial charge in [-0.3, -0.25) is 4.79 Å². The Morgan fingerprint density at radius 1 is 1.50 bits per heavy atom. The van der Waals surface area contributed by atoms with Crippen LogP contribution < -0.4 is 11.1 Å². The van der Waals surface area contributed by atoms with E-state index in [0.717, 1.165) is 41.8 Å². The molecular weight excluding hydrogens is 252 g/mol. The van der Waals surface area contributed by atoms with E-state index in [1.165, 1.54) is 0 Å². The average Bonchev–Trinajstić information content (AvgIpc) is 3.02. The van der Waals surface area contributed by atoms with Crippen molar-refractivity contribution < 1.29 is 4.79 Å². The number of nitrogens with one attached hydrogen (secondary N) is 2. The van der Waals surface area contributed by atoms with E-state index in [2.05, 4.69) is 15.3 Å². The smallest absolute Gasteiger partial charge is 0.227 e. The molecule has 1 aliphatic rings. The summed E-state index contributed by atoms with van der Waals surface area (Å²) in [5.41, 5.74) is 8.42. The first-order valence-corrected chi connectivity index (χ1v) is 7.14. The third-order valence-corrected chi connectivity index (χ3v) is 4.17. The molecule has 4 N–H and O–H groups in total. The van der Waals surface area contributed by atoms with Gasteiger partial charge in [0, 0.05) is 11.6 Å². The number of nitrogens with zero attached hydrogens (tertiary/aromatic N) is 1. The molecule has 1 aromatic carbocycles. The fourth-order valence-electron chi connectivity index (χ4n) is 3.11. The third kappa shape index (κ3) is 2.41. The molecule has 1 saturated carbocycles. The van der Waals surface area contributed by atoms with E-state index in [1.54, 1.807) is 0 Å². The zero-order chi connectivity index (χ0) is 14.1. The second-order valence-electron chi connectivity index (χ2n) is 5.58. The summed E-state index contributed by atoms with van der Waals surface area (Å²) in [6, 6.07) is 5.75. The van der Waals surface area contributed by atoms with Gasteiger partial charge in [-0.2, -0.15) is 0 Å². The fraction of sp³-hybridized carbons (Fsp3) is 0.467. The van der Waals surface area contributed by atoms with E-state index in [9.17, 15) is 4.79 Å². The Morgan fingerprint density at radius 2 is 2.35 bits per heavy atom. The molecule has 0 spiro atoms. The maximum absolute atomic E-state index is 12.3. The number of carbonyl (C=O) groups excluding carboxylic acids is 1. The molecule has 1 aliphatic carbocycles. The van der Waals surface area contributed by atoms with Gasteiger partial charge in [-0.05, 0) is 50.4 Å². The van der Waals surface area contributed by atoms with Crippen LogP contribution in [-0.4, -0.2) is 22.4 Å². The molecule has 106 valence electrons. The molecule has 20 heavy (non-hydrogen) atoms. The lowest BCUT2D eigenvalue weighted by molar-refractivity contribution is -0.120. The number of H-pyrrole nitrogens is 1. The second kappa shape index (κ2) is 5.25. The lowest BCUT2D eigenvalue weighted by Crippen LogP contribution is -2.29. The van der Waals surface area contributed by atoms with Gasteiger partial charge >= 0.3 is 0 Å². The number of aryl methyl sites for hydroxylation is 1. The molecule has 0 saturated heterocycles. The van der Waals surface area contributed by atoms with Crippen molar-refractivity contribution in [2.45, 2.75) is 26.2 Å². The number of benzene rings is 1. The van der Waals surface area contributed by atoms with Crippen LogP contribution in [0.15, 0.2) is 18.2 Å². The minimum Gasteiger partial charge on any atom is -0.342 e. The van der Waals surface area contributed by atoms with Crippen molar-refractivity contribution >= 4 is 22.6 Å². The van der Waals surface area contributed by atoms with E-state index < -0.39 is 0 Å². The van der Waals surface area contributed by atoms with Crippen molar-refractivity contribution in [3.05, 3.63) is 24.0 Å². The molecule has 5 nitrogen and oxygen atoms in total. The standard InChI is InChI=1S/C15H20N4O/c1-9-17-13-6-5-11(7-14(13)18-9)19-15(20)12-4-2-3-10(12)8-16/h5-7,10,12H,2-4,8,16H2,1H3,(H,17,18)(H,19,20). The zero-order valence-electron chi connectivity index (χ0n) is 11.6. The van der Waals surface area contributed by atoms with Crippen molar-refractivity contribution in [2.75, 3.05) is 11.9 Å². The molecule has 2 atom stereocenters. The third-order valence-electron chi connectivity index (χ3n) is 4.17. The molecule has 2 unspecified atom stereocenters. The van der Waals surface area contributed by atoms with E-state index >= 15 is 0 Å². The second-order valence-corrected chi connectivity index (χ2v) is 5.58. The summed E-state index contributed by atoms with van der Waals surface area (Å²) >= 11 is 0. The fourth-order valence-corrected chi connectivity index (χ4v) is 3.11. The summed E-state index contributed by atoms with van der Waals surface area (Å²) in [6.07, 6.45) is 3.10. The van der Waals surface area contributed by atoms with Crippen molar-refractivity contribution in [1.82, 2.24) is 9.97 Å². The SMILES string of the molecule is Cc1nc2ccc(NC(=O)C3CCCC3CN)cc2[nH]1. The topological polar surface area (TPSA) is 83.8 Å². The highest BCUT2D eigenvalue weighted by atomic mass is 16.1. The Morgan fingerprint density at radius 3 is 3.15 bits per heavy atom. The molecule has 0 radical (unpaired) electrons. The number of amides is 1. The van der Waals surface area contributed by atoms with Crippen molar-refractivity contribution in [3.63, 3.8) is 0 Å². The molecular formula is C15H20N4O. The predicted octanol–water partition coefficient (Wildman–Crippen LogP) is 2.18. The number of anilines is 1. The first kappa shape index (κ1) is 13.1. The van der Waals surface area contributed by atoms with Crippen LogP contribution in [0, 0.1) is 18.8 Å². The van der Waals surface area contributed by atoms with Crippen LogP contribution in [0.4, 0.5) is 5.69 Å². The van der Waals surface area contributed by atoms with Gasteiger partial charge < -0.3 is 16.0 Å². The summed E-state index contributed by atoms with van der Waals surface area (Å²) in [7, 11) is 0. The Labute approximate surface area is 118 Å². The van der Waals surface area contributed by atoms with Crippen LogP contribution in [-0.2, 0) is 4.79 Å². The van der Waals surface area contributed by atoms with Crippen molar-refractivity contribution in [2.24, 2.45) is 17.6 Å². The molecule has 0 aliphatic heterocycles. The number of aromatic amines is 1. The first-order chi connectivity index (χ1) is 9.67. The monoisotopic (exact) mass is 272 g/mol. The number of aromatic nitrogens is 2. The Balaban J connectivity index is 1.76. The molecule has 2 aromatic rings. The number of rotatable bonds is 3. The Hall–Kier alpha value is -1.88. The first-order valence-electron chi connectivity index (χ1n) is 7.14. The lowest BCUT2D eigenvalue weighted by Gasteiger charge is -2.17. The van der Waals surface area contributed by atoms with Crippen LogP contribution in [0.3, 0.4) is 0 Å². The largest absolute Gasteiger partial charge is 0.342 e. The summed E-state index contributed by atoms with van der Waals surface area (Å²) in [5.74, 6) is 1.35. The highest BCUT2D eigenvalue weighted by molar-refractivity contribution is 5.94. The van der Waals surface area contributed by atoms with E-state index in [0.29, 0.717) is 12.5 Å². The highest BCUT2D eigenvalue weighted by Gasteiger charge is 2.31.